The molecule has 0 aromatic carbocycles. The van der Waals surface area contributed by atoms with Gasteiger partial charge in [0.1, 0.15) is 6.42 Å². The Hall–Kier alpha value is -4.37. The number of aromatic nitrogens is 1. The van der Waals surface area contributed by atoms with Gasteiger partial charge in [-0.05, 0) is 31.6 Å². The molecular weight excluding hydrogens is 775 g/mol. The Morgan fingerprint density at radius 1 is 0.927 bits per heavy atom. The third-order valence-corrected chi connectivity index (χ3v) is 10.4. The molecule has 5 amide bonds. The maximum Gasteiger partial charge on any atom is 0.342 e. The number of amides is 5. The van der Waals surface area contributed by atoms with Crippen molar-refractivity contribution in [1.29, 1.82) is 0 Å². The monoisotopic (exact) mass is 821 g/mol. The fourth-order valence-electron chi connectivity index (χ4n) is 5.95. The maximum absolute atomic E-state index is 13.3. The summed E-state index contributed by atoms with van der Waals surface area (Å²) < 4.78 is 6.34. The minimum absolute atomic E-state index is 0.0939. The van der Waals surface area contributed by atoms with Crippen molar-refractivity contribution in [2.24, 2.45) is 0 Å². The van der Waals surface area contributed by atoms with Gasteiger partial charge in [0.15, 0.2) is 0 Å². The van der Waals surface area contributed by atoms with Gasteiger partial charge in [0, 0.05) is 107 Å². The smallest absolute Gasteiger partial charge is 0.342 e. The lowest BCUT2D eigenvalue weighted by Crippen LogP contribution is -2.46. The molecule has 0 unspecified atom stereocenters. The normalized spacial score (nSPS) is 16.4. The van der Waals surface area contributed by atoms with E-state index in [4.69, 9.17) is 34.0 Å². The van der Waals surface area contributed by atoms with Crippen LogP contribution in [0.25, 0.3) is 0 Å². The number of ether oxygens (including phenoxy) is 1. The molecule has 2 fully saturated rings. The molecule has 20 heteroatoms. The Labute approximate surface area is 333 Å². The second-order valence-corrected chi connectivity index (χ2v) is 15.5. The van der Waals surface area contributed by atoms with Crippen molar-refractivity contribution < 1.29 is 48.6 Å². The Morgan fingerprint density at radius 2 is 1.55 bits per heavy atom. The molecule has 4 heterocycles. The average molecular weight is 822 g/mol. The summed E-state index contributed by atoms with van der Waals surface area (Å²) in [5, 5.41) is 28.4. The summed E-state index contributed by atoms with van der Waals surface area (Å²) in [5.74, 6) is -4.17. The fourth-order valence-corrected chi connectivity index (χ4v) is 7.44. The third kappa shape index (κ3) is 12.6. The molecule has 0 aliphatic carbocycles. The van der Waals surface area contributed by atoms with Gasteiger partial charge in [-0.25, -0.2) is 4.79 Å². The zero-order valence-corrected chi connectivity index (χ0v) is 33.3. The van der Waals surface area contributed by atoms with Crippen LogP contribution in [-0.2, 0) is 33.5 Å². The highest BCUT2D eigenvalue weighted by molar-refractivity contribution is 8.26. The number of aromatic hydroxyl groups is 2. The van der Waals surface area contributed by atoms with E-state index < -0.39 is 41.9 Å². The van der Waals surface area contributed by atoms with Gasteiger partial charge in [0.05, 0.1) is 22.3 Å². The third-order valence-electron chi connectivity index (χ3n) is 8.87. The van der Waals surface area contributed by atoms with E-state index in [1.165, 1.54) is 4.90 Å². The number of thiocarbonyl (C=S) groups is 2. The quantitative estimate of drug-likeness (QED) is 0.0615. The summed E-state index contributed by atoms with van der Waals surface area (Å²) in [5.41, 5.74) is 0.844. The first kappa shape index (κ1) is 43.4. The average Bonchev–Trinajstić information content (AvgIpc) is 3.72. The Morgan fingerprint density at radius 3 is 2.16 bits per heavy atom. The highest BCUT2D eigenvalue weighted by Crippen LogP contribution is 2.35. The molecule has 2 saturated heterocycles. The lowest BCUT2D eigenvalue weighted by atomic mass is 10.0. The summed E-state index contributed by atoms with van der Waals surface area (Å²) >= 11 is 11.7. The first-order valence-electron chi connectivity index (χ1n) is 17.9. The van der Waals surface area contributed by atoms with Gasteiger partial charge >= 0.3 is 5.97 Å². The second-order valence-electron chi connectivity index (χ2n) is 13.0. The molecule has 55 heavy (non-hydrogen) atoms. The standard InChI is InChI=1S/C35H47N7O10S3/c1-22(53)19-24(23(2)34(49)41-15-17-51-18-16-41)32(47)37-7-3-11-39(28(45)21-29(46)52-42-26(43)5-6-27(42)44)12-4-8-38-33(48)25-20-30(54)55-31(25)35(50)40-13-9-36-10-14-40/h5-6,36,43-44H,3-4,7-21H2,1-2H3,(H,37,47)(H,38,48). The minimum atomic E-state index is -1.05. The van der Waals surface area contributed by atoms with Crippen molar-refractivity contribution >= 4 is 80.8 Å². The van der Waals surface area contributed by atoms with Crippen LogP contribution in [0, 0.1) is 0 Å². The predicted molar refractivity (Wildman–Crippen MR) is 210 cm³/mol. The summed E-state index contributed by atoms with van der Waals surface area (Å²) in [6.45, 7) is 7.75. The molecular formula is C35H47N7O10S3. The second kappa shape index (κ2) is 21.1. The molecule has 0 bridgehead atoms. The van der Waals surface area contributed by atoms with E-state index in [9.17, 15) is 39.0 Å². The van der Waals surface area contributed by atoms with E-state index in [0.717, 1.165) is 23.9 Å². The van der Waals surface area contributed by atoms with Crippen LogP contribution < -0.4 is 20.8 Å². The topological polar surface area (TPSA) is 212 Å². The number of hydrogen-bond donors (Lipinski definition) is 5. The molecule has 3 aliphatic heterocycles. The summed E-state index contributed by atoms with van der Waals surface area (Å²) in [7, 11) is 0. The molecule has 3 aliphatic rings. The van der Waals surface area contributed by atoms with Crippen molar-refractivity contribution in [2.45, 2.75) is 46.0 Å². The van der Waals surface area contributed by atoms with Crippen molar-refractivity contribution in [3.63, 3.8) is 0 Å². The van der Waals surface area contributed by atoms with Gasteiger partial charge in [-0.2, -0.15) is 0 Å². The first-order valence-corrected chi connectivity index (χ1v) is 19.5. The molecule has 0 spiro atoms. The molecule has 0 saturated carbocycles. The number of piperazine rings is 1. The van der Waals surface area contributed by atoms with Gasteiger partial charge in [0.2, 0.25) is 35.4 Å². The Kier molecular flexibility index (Phi) is 16.6. The van der Waals surface area contributed by atoms with E-state index in [-0.39, 0.29) is 74.8 Å². The van der Waals surface area contributed by atoms with E-state index in [1.807, 2.05) is 0 Å². The number of carbonyl (C=O) groups is 6. The number of thioether (sulfide) groups is 1. The van der Waals surface area contributed by atoms with Gasteiger partial charge < -0.3 is 50.4 Å². The maximum atomic E-state index is 13.3. The molecule has 4 rings (SSSR count). The van der Waals surface area contributed by atoms with Crippen molar-refractivity contribution in [3.8, 4) is 11.8 Å². The van der Waals surface area contributed by atoms with Gasteiger partial charge in [-0.3, -0.25) is 24.0 Å². The largest absolute Gasteiger partial charge is 0.492 e. The predicted octanol–water partition coefficient (Wildman–Crippen LogP) is 0.191. The van der Waals surface area contributed by atoms with Crippen LogP contribution in [0.3, 0.4) is 0 Å². The van der Waals surface area contributed by atoms with Crippen LogP contribution >= 0.6 is 36.2 Å². The van der Waals surface area contributed by atoms with Crippen LogP contribution in [-0.4, -0.2) is 153 Å². The van der Waals surface area contributed by atoms with Crippen molar-refractivity contribution in [3.05, 3.63) is 33.8 Å². The van der Waals surface area contributed by atoms with Crippen molar-refractivity contribution in [1.82, 2.24) is 35.4 Å². The molecule has 1 aromatic heterocycles. The number of rotatable bonds is 17. The number of hydrogen-bond acceptors (Lipinski definition) is 14. The molecule has 300 valence electrons. The number of nitrogens with zero attached hydrogens (tertiary/aromatic N) is 4. The van der Waals surface area contributed by atoms with E-state index in [1.54, 1.807) is 23.6 Å². The first-order chi connectivity index (χ1) is 26.3. The number of morpholine rings is 1. The molecule has 0 atom stereocenters. The van der Waals surface area contributed by atoms with Crippen LogP contribution in [0.1, 0.15) is 46.0 Å². The zero-order valence-electron chi connectivity index (χ0n) is 30.8. The lowest BCUT2D eigenvalue weighted by Gasteiger charge is -2.28. The fraction of sp³-hybridized carbons (Fsp3) is 0.543. The molecule has 5 N–H and O–H groups in total. The lowest BCUT2D eigenvalue weighted by molar-refractivity contribution is -0.150. The zero-order chi connectivity index (χ0) is 40.1. The van der Waals surface area contributed by atoms with Gasteiger partial charge in [-0.15, -0.1) is 4.73 Å². The van der Waals surface area contributed by atoms with Gasteiger partial charge in [-0.1, -0.05) is 36.2 Å². The van der Waals surface area contributed by atoms with Crippen LogP contribution in [0.15, 0.2) is 33.8 Å². The summed E-state index contributed by atoms with van der Waals surface area (Å²) in [4.78, 5) is 89.3. The minimum Gasteiger partial charge on any atom is -0.492 e. The van der Waals surface area contributed by atoms with Crippen LogP contribution in [0.4, 0.5) is 0 Å². The number of carbonyl (C=O) groups excluding carboxylic acids is 6. The van der Waals surface area contributed by atoms with Gasteiger partial charge in [0.25, 0.3) is 5.91 Å². The van der Waals surface area contributed by atoms with Crippen LogP contribution in [0.2, 0.25) is 0 Å². The SMILES string of the molecule is CC(=S)CC(C(=O)NCCCN(CCCNC(=O)C1=C(C(=O)N2CCNCC2)SC(=S)C1)C(=O)CC(=O)On1c(O)ccc1O)=C(C)C(=O)N1CCOCC1. The molecule has 1 aromatic rings. The Balaban J connectivity index is 1.37. The van der Waals surface area contributed by atoms with Crippen molar-refractivity contribution in [2.75, 3.05) is 78.7 Å². The molecule has 17 nitrogen and oxygen atoms in total. The van der Waals surface area contributed by atoms with E-state index in [0.29, 0.717) is 76.8 Å². The highest BCUT2D eigenvalue weighted by Gasteiger charge is 2.33. The number of nitrogens with one attached hydrogen (secondary N) is 3. The van der Waals surface area contributed by atoms with Crippen LogP contribution in [0.5, 0.6) is 11.8 Å². The summed E-state index contributed by atoms with van der Waals surface area (Å²) in [6.07, 6.45) is 0.107. The molecule has 0 radical (unpaired) electrons. The van der Waals surface area contributed by atoms with E-state index in [2.05, 4.69) is 16.0 Å². The highest BCUT2D eigenvalue weighted by atomic mass is 32.2. The van der Waals surface area contributed by atoms with E-state index >= 15 is 0 Å². The Bertz CT molecular complexity index is 1710. The summed E-state index contributed by atoms with van der Waals surface area (Å²) in [6, 6.07) is 2.21.